The molecule has 0 bridgehead atoms. The number of aromatic nitrogens is 2. The molecule has 0 aliphatic heterocycles. The van der Waals surface area contributed by atoms with E-state index in [0.717, 1.165) is 35.7 Å². The largest absolute Gasteiger partial charge is 0.494 e. The summed E-state index contributed by atoms with van der Waals surface area (Å²) in [6.45, 7) is 11.4. The van der Waals surface area contributed by atoms with E-state index < -0.39 is 0 Å². The van der Waals surface area contributed by atoms with Crippen LogP contribution in [0.5, 0.6) is 5.75 Å². The summed E-state index contributed by atoms with van der Waals surface area (Å²) in [4.78, 5) is 19.6. The van der Waals surface area contributed by atoms with Crippen molar-refractivity contribution in [1.29, 1.82) is 0 Å². The van der Waals surface area contributed by atoms with E-state index in [-0.39, 0.29) is 5.56 Å². The maximum Gasteiger partial charge on any atom is 0.258 e. The summed E-state index contributed by atoms with van der Waals surface area (Å²) in [6.07, 6.45) is 1.77. The highest BCUT2D eigenvalue weighted by molar-refractivity contribution is 5.46. The van der Waals surface area contributed by atoms with Crippen molar-refractivity contribution in [2.45, 2.75) is 40.8 Å². The molecule has 0 saturated carbocycles. The molecule has 0 unspecified atom stereocenters. The van der Waals surface area contributed by atoms with Gasteiger partial charge in [0.15, 0.2) is 0 Å². The van der Waals surface area contributed by atoms with Crippen molar-refractivity contribution in [3.8, 4) is 5.75 Å². The molecule has 148 valence electrons. The van der Waals surface area contributed by atoms with Gasteiger partial charge in [0.25, 0.3) is 5.56 Å². The molecule has 0 fully saturated rings. The Kier molecular flexibility index (Phi) is 6.47. The molecular formula is C23H29N3O2. The molecule has 3 rings (SSSR count). The molecule has 0 atom stereocenters. The van der Waals surface area contributed by atoms with Gasteiger partial charge >= 0.3 is 0 Å². The number of rotatable bonds is 8. The van der Waals surface area contributed by atoms with Crippen LogP contribution in [0.3, 0.4) is 0 Å². The van der Waals surface area contributed by atoms with E-state index in [1.54, 1.807) is 16.7 Å². The van der Waals surface area contributed by atoms with Crippen LogP contribution in [0.4, 0.5) is 0 Å². The molecule has 0 amide bonds. The molecular weight excluding hydrogens is 350 g/mol. The number of ether oxygens (including phenoxy) is 1. The topological polar surface area (TPSA) is 46.8 Å². The van der Waals surface area contributed by atoms with Crippen molar-refractivity contribution in [3.05, 3.63) is 75.8 Å². The summed E-state index contributed by atoms with van der Waals surface area (Å²) in [5, 5.41) is 0. The van der Waals surface area contributed by atoms with Crippen LogP contribution in [0, 0.1) is 12.8 Å². The fraction of sp³-hybridized carbons (Fsp3) is 0.391. The van der Waals surface area contributed by atoms with E-state index in [1.165, 1.54) is 5.56 Å². The van der Waals surface area contributed by atoms with Crippen LogP contribution in [0.15, 0.2) is 53.5 Å². The Morgan fingerprint density at radius 1 is 1.14 bits per heavy atom. The molecule has 0 spiro atoms. The van der Waals surface area contributed by atoms with Gasteiger partial charge in [-0.05, 0) is 49.1 Å². The standard InChI is InChI=1S/C23H29N3O2/c1-5-28-21-10-8-19(9-11-21)15-25(14-17(2)3)16-20-13-22(27)26-12-6-7-18(4)23(26)24-20/h6-13,17H,5,14-16H2,1-4H3. The Bertz CT molecular complexity index is 977. The minimum atomic E-state index is -0.0331. The van der Waals surface area contributed by atoms with E-state index >= 15 is 0 Å². The molecule has 0 radical (unpaired) electrons. The van der Waals surface area contributed by atoms with E-state index in [0.29, 0.717) is 19.1 Å². The molecule has 3 aromatic rings. The van der Waals surface area contributed by atoms with Crippen LogP contribution in [-0.4, -0.2) is 27.4 Å². The Morgan fingerprint density at radius 3 is 2.57 bits per heavy atom. The number of fused-ring (bicyclic) bond motifs is 1. The van der Waals surface area contributed by atoms with Gasteiger partial charge in [-0.1, -0.05) is 32.0 Å². The lowest BCUT2D eigenvalue weighted by Crippen LogP contribution is -2.28. The van der Waals surface area contributed by atoms with Crippen molar-refractivity contribution in [3.63, 3.8) is 0 Å². The molecule has 28 heavy (non-hydrogen) atoms. The molecule has 0 N–H and O–H groups in total. The zero-order chi connectivity index (χ0) is 20.1. The van der Waals surface area contributed by atoms with Crippen molar-refractivity contribution in [2.24, 2.45) is 5.92 Å². The second-order valence-electron chi connectivity index (χ2n) is 7.61. The number of hydrogen-bond acceptors (Lipinski definition) is 4. The van der Waals surface area contributed by atoms with Gasteiger partial charge in [0.05, 0.1) is 12.3 Å². The summed E-state index contributed by atoms with van der Waals surface area (Å²) < 4.78 is 7.14. The highest BCUT2D eigenvalue weighted by Gasteiger charge is 2.12. The number of nitrogens with zero attached hydrogens (tertiary/aromatic N) is 3. The second kappa shape index (κ2) is 9.02. The maximum absolute atomic E-state index is 12.5. The number of pyridine rings is 1. The molecule has 2 aromatic heterocycles. The predicted molar refractivity (Wildman–Crippen MR) is 113 cm³/mol. The van der Waals surface area contributed by atoms with Crippen LogP contribution in [-0.2, 0) is 13.1 Å². The van der Waals surface area contributed by atoms with E-state index in [4.69, 9.17) is 9.72 Å². The number of hydrogen-bond donors (Lipinski definition) is 0. The highest BCUT2D eigenvalue weighted by Crippen LogP contribution is 2.16. The Balaban J connectivity index is 1.83. The van der Waals surface area contributed by atoms with Gasteiger partial charge in [-0.15, -0.1) is 0 Å². The van der Waals surface area contributed by atoms with Crippen molar-refractivity contribution < 1.29 is 4.74 Å². The lowest BCUT2D eigenvalue weighted by atomic mass is 10.1. The molecule has 1 aromatic carbocycles. The summed E-state index contributed by atoms with van der Waals surface area (Å²) in [6, 6.07) is 13.7. The lowest BCUT2D eigenvalue weighted by Gasteiger charge is -2.24. The first kappa shape index (κ1) is 20.1. The maximum atomic E-state index is 12.5. The molecule has 2 heterocycles. The minimum absolute atomic E-state index is 0.0331. The van der Waals surface area contributed by atoms with Crippen molar-refractivity contribution >= 4 is 5.65 Å². The molecule has 0 aliphatic carbocycles. The first-order chi connectivity index (χ1) is 13.5. The quantitative estimate of drug-likeness (QED) is 0.592. The van der Waals surface area contributed by atoms with Crippen molar-refractivity contribution in [1.82, 2.24) is 14.3 Å². The van der Waals surface area contributed by atoms with Crippen LogP contribution in [0.1, 0.15) is 37.6 Å². The van der Waals surface area contributed by atoms with Crippen LogP contribution in [0.2, 0.25) is 0 Å². The van der Waals surface area contributed by atoms with E-state index in [2.05, 4.69) is 30.9 Å². The van der Waals surface area contributed by atoms with Gasteiger partial charge in [-0.3, -0.25) is 14.1 Å². The third-order valence-corrected chi connectivity index (χ3v) is 4.59. The number of benzene rings is 1. The van der Waals surface area contributed by atoms with Gasteiger partial charge in [0.2, 0.25) is 0 Å². The fourth-order valence-electron chi connectivity index (χ4n) is 3.44. The average Bonchev–Trinajstić information content (AvgIpc) is 2.64. The zero-order valence-electron chi connectivity index (χ0n) is 17.2. The summed E-state index contributed by atoms with van der Waals surface area (Å²) >= 11 is 0. The molecule has 0 saturated heterocycles. The van der Waals surface area contributed by atoms with Gasteiger partial charge in [0.1, 0.15) is 11.4 Å². The first-order valence-corrected chi connectivity index (χ1v) is 9.88. The normalized spacial score (nSPS) is 11.5. The fourth-order valence-corrected chi connectivity index (χ4v) is 3.44. The molecule has 5 heteroatoms. The van der Waals surface area contributed by atoms with Gasteiger partial charge in [-0.2, -0.15) is 0 Å². The Hall–Kier alpha value is -2.66. The summed E-state index contributed by atoms with van der Waals surface area (Å²) in [5.74, 6) is 1.41. The summed E-state index contributed by atoms with van der Waals surface area (Å²) in [5.41, 5.74) is 3.73. The van der Waals surface area contributed by atoms with Crippen LogP contribution < -0.4 is 10.3 Å². The van der Waals surface area contributed by atoms with Crippen molar-refractivity contribution in [2.75, 3.05) is 13.2 Å². The first-order valence-electron chi connectivity index (χ1n) is 9.88. The van der Waals surface area contributed by atoms with Crippen LogP contribution >= 0.6 is 0 Å². The number of aryl methyl sites for hydroxylation is 1. The van der Waals surface area contributed by atoms with Crippen LogP contribution in [0.25, 0.3) is 5.65 Å². The van der Waals surface area contributed by atoms with E-state index in [9.17, 15) is 4.79 Å². The third kappa shape index (κ3) is 4.98. The summed E-state index contributed by atoms with van der Waals surface area (Å²) in [7, 11) is 0. The smallest absolute Gasteiger partial charge is 0.258 e. The predicted octanol–water partition coefficient (Wildman–Crippen LogP) is 4.06. The SMILES string of the molecule is CCOc1ccc(CN(Cc2cc(=O)n3cccc(C)c3n2)CC(C)C)cc1. The second-order valence-corrected chi connectivity index (χ2v) is 7.61. The Morgan fingerprint density at radius 2 is 1.89 bits per heavy atom. The third-order valence-electron chi connectivity index (χ3n) is 4.59. The van der Waals surface area contributed by atoms with Gasteiger partial charge in [-0.25, -0.2) is 4.98 Å². The molecule has 5 nitrogen and oxygen atoms in total. The monoisotopic (exact) mass is 379 g/mol. The Labute approximate surface area is 166 Å². The van der Waals surface area contributed by atoms with Gasteiger partial charge < -0.3 is 4.74 Å². The van der Waals surface area contributed by atoms with E-state index in [1.807, 2.05) is 38.1 Å². The lowest BCUT2D eigenvalue weighted by molar-refractivity contribution is 0.225. The molecule has 0 aliphatic rings. The average molecular weight is 380 g/mol. The van der Waals surface area contributed by atoms with Gasteiger partial charge in [0, 0.05) is 31.9 Å². The highest BCUT2D eigenvalue weighted by atomic mass is 16.5. The zero-order valence-corrected chi connectivity index (χ0v) is 17.2. The minimum Gasteiger partial charge on any atom is -0.494 e.